The summed E-state index contributed by atoms with van der Waals surface area (Å²) in [5, 5.41) is 14.7. The zero-order valence-electron chi connectivity index (χ0n) is 18.3. The van der Waals surface area contributed by atoms with E-state index in [-0.39, 0.29) is 17.6 Å². The van der Waals surface area contributed by atoms with Gasteiger partial charge in [0.1, 0.15) is 0 Å². The molecule has 1 aromatic heterocycles. The molecule has 178 valence electrons. The largest absolute Gasteiger partial charge is 0.378 e. The summed E-state index contributed by atoms with van der Waals surface area (Å²) >= 11 is 8.94. The molecule has 0 bridgehead atoms. The minimum absolute atomic E-state index is 0.119. The van der Waals surface area contributed by atoms with Gasteiger partial charge in [-0.15, -0.1) is 10.2 Å². The van der Waals surface area contributed by atoms with E-state index in [1.54, 1.807) is 6.07 Å². The van der Waals surface area contributed by atoms with Crippen LogP contribution >= 0.6 is 34.7 Å². The summed E-state index contributed by atoms with van der Waals surface area (Å²) in [6.45, 7) is 2.94. The Morgan fingerprint density at radius 1 is 1.06 bits per heavy atom. The van der Waals surface area contributed by atoms with Gasteiger partial charge < -0.3 is 20.3 Å². The van der Waals surface area contributed by atoms with Crippen LogP contribution in [0.2, 0.25) is 5.02 Å². The Hall–Kier alpha value is -2.66. The smallest absolute Gasteiger partial charge is 0.234 e. The second-order valence-electron chi connectivity index (χ2n) is 7.51. The molecule has 1 fully saturated rings. The predicted molar refractivity (Wildman–Crippen MR) is 137 cm³/mol. The summed E-state index contributed by atoms with van der Waals surface area (Å²) in [4.78, 5) is 26.7. The number of nitrogens with one attached hydrogen (secondary N) is 2. The molecular weight excluding hydrogens is 494 g/mol. The SMILES string of the molecule is O=C(CSc1nnc(NC(=O)CCc2ccccc2)s1)Nc1ccc(N2CCOCC2)c(Cl)c1. The molecule has 2 heterocycles. The lowest BCUT2D eigenvalue weighted by atomic mass is 10.1. The molecule has 3 aromatic rings. The molecule has 34 heavy (non-hydrogen) atoms. The van der Waals surface area contributed by atoms with Crippen LogP contribution in [0.15, 0.2) is 52.9 Å². The first-order chi connectivity index (χ1) is 16.6. The number of hydrogen-bond acceptors (Lipinski definition) is 8. The molecule has 0 saturated carbocycles. The van der Waals surface area contributed by atoms with Gasteiger partial charge in [0, 0.05) is 25.2 Å². The second kappa shape index (κ2) is 12.2. The molecule has 11 heteroatoms. The first-order valence-electron chi connectivity index (χ1n) is 10.8. The van der Waals surface area contributed by atoms with Crippen LogP contribution in [0.3, 0.4) is 0 Å². The highest BCUT2D eigenvalue weighted by Crippen LogP contribution is 2.30. The normalized spacial score (nSPS) is 13.5. The number of benzene rings is 2. The molecular formula is C23H24ClN5O3S2. The Balaban J connectivity index is 1.21. The lowest BCUT2D eigenvalue weighted by molar-refractivity contribution is -0.116. The van der Waals surface area contributed by atoms with Crippen molar-refractivity contribution in [3.63, 3.8) is 0 Å². The monoisotopic (exact) mass is 517 g/mol. The molecule has 1 aliphatic heterocycles. The number of anilines is 3. The highest BCUT2D eigenvalue weighted by atomic mass is 35.5. The molecule has 0 unspecified atom stereocenters. The van der Waals surface area contributed by atoms with E-state index in [4.69, 9.17) is 16.3 Å². The summed E-state index contributed by atoms with van der Waals surface area (Å²) < 4.78 is 5.98. The number of hydrogen-bond donors (Lipinski definition) is 2. The van der Waals surface area contributed by atoms with Crippen molar-refractivity contribution < 1.29 is 14.3 Å². The van der Waals surface area contributed by atoms with Gasteiger partial charge in [0.15, 0.2) is 4.34 Å². The average Bonchev–Trinajstić information content (AvgIpc) is 3.30. The number of aryl methyl sites for hydroxylation is 1. The molecule has 0 radical (unpaired) electrons. The minimum atomic E-state index is -0.177. The molecule has 2 aromatic carbocycles. The van der Waals surface area contributed by atoms with Crippen LogP contribution in [-0.4, -0.2) is 54.1 Å². The Bertz CT molecular complexity index is 1120. The predicted octanol–water partition coefficient (Wildman–Crippen LogP) is 4.33. The van der Waals surface area contributed by atoms with Crippen molar-refractivity contribution in [1.82, 2.24) is 10.2 Å². The van der Waals surface area contributed by atoms with E-state index in [1.807, 2.05) is 42.5 Å². The van der Waals surface area contributed by atoms with Crippen molar-refractivity contribution in [2.24, 2.45) is 0 Å². The number of amides is 2. The molecule has 4 rings (SSSR count). The van der Waals surface area contributed by atoms with E-state index in [9.17, 15) is 9.59 Å². The lowest BCUT2D eigenvalue weighted by Crippen LogP contribution is -2.36. The number of carbonyl (C=O) groups excluding carboxylic acids is 2. The fraction of sp³-hybridized carbons (Fsp3) is 0.304. The fourth-order valence-corrected chi connectivity index (χ4v) is 5.24. The van der Waals surface area contributed by atoms with E-state index >= 15 is 0 Å². The van der Waals surface area contributed by atoms with Gasteiger partial charge in [-0.25, -0.2) is 0 Å². The molecule has 2 N–H and O–H groups in total. The Kier molecular flexibility index (Phi) is 8.75. The fourth-order valence-electron chi connectivity index (χ4n) is 3.37. The van der Waals surface area contributed by atoms with Crippen molar-refractivity contribution in [1.29, 1.82) is 0 Å². The van der Waals surface area contributed by atoms with Crippen LogP contribution in [0.5, 0.6) is 0 Å². The lowest BCUT2D eigenvalue weighted by Gasteiger charge is -2.29. The van der Waals surface area contributed by atoms with Crippen molar-refractivity contribution in [2.75, 3.05) is 47.6 Å². The van der Waals surface area contributed by atoms with E-state index in [0.29, 0.717) is 46.2 Å². The topological polar surface area (TPSA) is 96.5 Å². The molecule has 1 saturated heterocycles. The van der Waals surface area contributed by atoms with Gasteiger partial charge in [0.25, 0.3) is 0 Å². The van der Waals surface area contributed by atoms with Crippen molar-refractivity contribution in [3.05, 3.63) is 59.1 Å². The van der Waals surface area contributed by atoms with Crippen LogP contribution in [0, 0.1) is 0 Å². The Morgan fingerprint density at radius 2 is 1.85 bits per heavy atom. The average molecular weight is 518 g/mol. The van der Waals surface area contributed by atoms with Crippen LogP contribution in [0.1, 0.15) is 12.0 Å². The number of morpholine rings is 1. The van der Waals surface area contributed by atoms with E-state index in [2.05, 4.69) is 25.7 Å². The molecule has 0 atom stereocenters. The maximum Gasteiger partial charge on any atom is 0.234 e. The maximum absolute atomic E-state index is 12.4. The van der Waals surface area contributed by atoms with Crippen molar-refractivity contribution in [2.45, 2.75) is 17.2 Å². The number of thioether (sulfide) groups is 1. The first-order valence-corrected chi connectivity index (χ1v) is 13.0. The molecule has 2 amide bonds. The van der Waals surface area contributed by atoms with Crippen molar-refractivity contribution >= 4 is 63.0 Å². The number of aromatic nitrogens is 2. The molecule has 8 nitrogen and oxygen atoms in total. The highest BCUT2D eigenvalue weighted by molar-refractivity contribution is 8.01. The quantitative estimate of drug-likeness (QED) is 0.322. The van der Waals surface area contributed by atoms with Crippen molar-refractivity contribution in [3.8, 4) is 0 Å². The third-order valence-electron chi connectivity index (χ3n) is 5.05. The van der Waals surface area contributed by atoms with Crippen LogP contribution in [0.25, 0.3) is 0 Å². The number of ether oxygens (including phenoxy) is 1. The van der Waals surface area contributed by atoms with E-state index in [1.165, 1.54) is 23.1 Å². The maximum atomic E-state index is 12.4. The summed E-state index contributed by atoms with van der Waals surface area (Å²) in [7, 11) is 0. The number of nitrogens with zero attached hydrogens (tertiary/aromatic N) is 3. The van der Waals surface area contributed by atoms with Gasteiger partial charge in [-0.1, -0.05) is 65.0 Å². The van der Waals surface area contributed by atoms with Crippen LogP contribution in [0.4, 0.5) is 16.5 Å². The van der Waals surface area contributed by atoms with Gasteiger partial charge in [-0.05, 0) is 30.2 Å². The Morgan fingerprint density at radius 3 is 2.62 bits per heavy atom. The number of halogens is 1. The van der Waals surface area contributed by atoms with Crippen LogP contribution in [-0.2, 0) is 20.7 Å². The summed E-state index contributed by atoms with van der Waals surface area (Å²) in [6.07, 6.45) is 1.02. The minimum Gasteiger partial charge on any atom is -0.378 e. The van der Waals surface area contributed by atoms with Gasteiger partial charge in [0.05, 0.1) is 29.7 Å². The van der Waals surface area contributed by atoms with Gasteiger partial charge in [-0.3, -0.25) is 9.59 Å². The van der Waals surface area contributed by atoms with E-state index < -0.39 is 0 Å². The standard InChI is InChI=1S/C23H24ClN5O3S2/c24-18-14-17(7-8-19(18)29-10-12-32-13-11-29)25-21(31)15-33-23-28-27-22(34-23)26-20(30)9-6-16-4-2-1-3-5-16/h1-5,7-8,14H,6,9-13,15H2,(H,25,31)(H,26,27,30). The Labute approximate surface area is 211 Å². The molecule has 1 aliphatic rings. The van der Waals surface area contributed by atoms with E-state index in [0.717, 1.165) is 24.3 Å². The van der Waals surface area contributed by atoms with Crippen LogP contribution < -0.4 is 15.5 Å². The number of carbonyl (C=O) groups is 2. The third kappa shape index (κ3) is 7.17. The highest BCUT2D eigenvalue weighted by Gasteiger charge is 2.15. The second-order valence-corrected chi connectivity index (χ2v) is 10.1. The number of rotatable bonds is 9. The molecule has 0 aliphatic carbocycles. The summed E-state index contributed by atoms with van der Waals surface area (Å²) in [5.41, 5.74) is 2.68. The zero-order valence-corrected chi connectivity index (χ0v) is 20.7. The third-order valence-corrected chi connectivity index (χ3v) is 7.32. The summed E-state index contributed by atoms with van der Waals surface area (Å²) in [6, 6.07) is 15.3. The zero-order chi connectivity index (χ0) is 23.8. The summed E-state index contributed by atoms with van der Waals surface area (Å²) in [5.74, 6) is -0.130. The van der Waals surface area contributed by atoms with Gasteiger partial charge >= 0.3 is 0 Å². The first kappa shape index (κ1) is 24.5. The molecule has 0 spiro atoms. The van der Waals surface area contributed by atoms with Gasteiger partial charge in [0.2, 0.25) is 16.9 Å². The van der Waals surface area contributed by atoms with Gasteiger partial charge in [-0.2, -0.15) is 0 Å².